The number of hydrogen-bond acceptors (Lipinski definition) is 4. The number of carbonyl (C=O) groups is 1. The van der Waals surface area contributed by atoms with Gasteiger partial charge in [-0.05, 0) is 31.2 Å². The average Bonchev–Trinajstić information content (AvgIpc) is 2.86. The summed E-state index contributed by atoms with van der Waals surface area (Å²) in [5.74, 6) is -1.40. The van der Waals surface area contributed by atoms with Crippen molar-refractivity contribution in [1.29, 1.82) is 0 Å². The van der Waals surface area contributed by atoms with E-state index in [2.05, 4.69) is 4.72 Å². The summed E-state index contributed by atoms with van der Waals surface area (Å²) in [5, 5.41) is 9.57. The fraction of sp³-hybridized carbons (Fsp3) is 0.0625. The van der Waals surface area contributed by atoms with Gasteiger partial charge in [0.1, 0.15) is 5.58 Å². The maximum atomic E-state index is 12.4. The van der Waals surface area contributed by atoms with Gasteiger partial charge in [0.15, 0.2) is 0 Å². The molecule has 1 aromatic heterocycles. The highest BCUT2D eigenvalue weighted by Gasteiger charge is 2.21. The van der Waals surface area contributed by atoms with E-state index in [0.29, 0.717) is 16.5 Å². The first-order valence-electron chi connectivity index (χ1n) is 6.73. The number of benzene rings is 2. The van der Waals surface area contributed by atoms with Crippen LogP contribution in [0.1, 0.15) is 16.1 Å². The fourth-order valence-electron chi connectivity index (χ4n) is 2.40. The van der Waals surface area contributed by atoms with Crippen molar-refractivity contribution in [3.05, 3.63) is 59.9 Å². The van der Waals surface area contributed by atoms with E-state index >= 15 is 0 Å². The van der Waals surface area contributed by atoms with Crippen LogP contribution in [0, 0.1) is 6.92 Å². The highest BCUT2D eigenvalue weighted by Crippen LogP contribution is 2.32. The fourth-order valence-corrected chi connectivity index (χ4v) is 3.49. The summed E-state index contributed by atoms with van der Waals surface area (Å²) in [6.07, 6.45) is 0. The summed E-state index contributed by atoms with van der Waals surface area (Å²) in [5.41, 5.74) is 0.965. The Morgan fingerprint density at radius 1 is 1.09 bits per heavy atom. The first-order chi connectivity index (χ1) is 10.9. The van der Waals surface area contributed by atoms with Crippen molar-refractivity contribution in [3.8, 4) is 0 Å². The molecule has 0 aliphatic carbocycles. The molecule has 1 heterocycles. The minimum atomic E-state index is -3.77. The van der Waals surface area contributed by atoms with E-state index in [9.17, 15) is 13.2 Å². The van der Waals surface area contributed by atoms with Gasteiger partial charge < -0.3 is 9.52 Å². The molecule has 0 bridgehead atoms. The second-order valence-corrected chi connectivity index (χ2v) is 6.64. The number of sulfonamides is 1. The Morgan fingerprint density at radius 2 is 1.78 bits per heavy atom. The number of furan rings is 1. The molecule has 118 valence electrons. The maximum absolute atomic E-state index is 12.4. The summed E-state index contributed by atoms with van der Waals surface area (Å²) >= 11 is 0. The molecule has 0 aliphatic heterocycles. The van der Waals surface area contributed by atoms with E-state index in [1.165, 1.54) is 12.1 Å². The summed E-state index contributed by atoms with van der Waals surface area (Å²) in [4.78, 5) is 11.3. The van der Waals surface area contributed by atoms with Crippen LogP contribution in [0.15, 0.2) is 57.8 Å². The van der Waals surface area contributed by atoms with E-state index in [-0.39, 0.29) is 16.3 Å². The van der Waals surface area contributed by atoms with Crippen molar-refractivity contribution < 1.29 is 22.7 Å². The van der Waals surface area contributed by atoms with Crippen LogP contribution in [-0.4, -0.2) is 19.5 Å². The van der Waals surface area contributed by atoms with Gasteiger partial charge in [0.25, 0.3) is 10.0 Å². The van der Waals surface area contributed by atoms with Crippen LogP contribution in [0.3, 0.4) is 0 Å². The van der Waals surface area contributed by atoms with Gasteiger partial charge in [-0.15, -0.1) is 0 Å². The van der Waals surface area contributed by atoms with E-state index in [4.69, 9.17) is 9.52 Å². The van der Waals surface area contributed by atoms with Gasteiger partial charge in [0.05, 0.1) is 10.6 Å². The summed E-state index contributed by atoms with van der Waals surface area (Å²) in [7, 11) is -3.77. The second kappa shape index (κ2) is 5.44. The molecule has 0 spiro atoms. The highest BCUT2D eigenvalue weighted by atomic mass is 32.2. The molecule has 0 amide bonds. The lowest BCUT2D eigenvalue weighted by atomic mass is 10.1. The van der Waals surface area contributed by atoms with Gasteiger partial charge in [0, 0.05) is 10.9 Å². The molecule has 23 heavy (non-hydrogen) atoms. The molecule has 0 unspecified atom stereocenters. The van der Waals surface area contributed by atoms with Crippen molar-refractivity contribution in [2.45, 2.75) is 11.8 Å². The summed E-state index contributed by atoms with van der Waals surface area (Å²) in [6, 6.07) is 12.7. The van der Waals surface area contributed by atoms with E-state index < -0.39 is 16.0 Å². The topological polar surface area (TPSA) is 96.6 Å². The first-order valence-corrected chi connectivity index (χ1v) is 8.22. The van der Waals surface area contributed by atoms with E-state index in [1.54, 1.807) is 43.3 Å². The molecular weight excluding hydrogens is 318 g/mol. The molecule has 6 nitrogen and oxygen atoms in total. The lowest BCUT2D eigenvalue weighted by Crippen LogP contribution is -2.13. The normalized spacial score (nSPS) is 11.5. The molecule has 2 N–H and O–H groups in total. The van der Waals surface area contributed by atoms with Crippen molar-refractivity contribution in [3.63, 3.8) is 0 Å². The number of carboxylic acids is 1. The van der Waals surface area contributed by atoms with Crippen molar-refractivity contribution in [1.82, 2.24) is 0 Å². The van der Waals surface area contributed by atoms with Crippen LogP contribution in [0.4, 0.5) is 5.69 Å². The molecule has 3 rings (SSSR count). The van der Waals surface area contributed by atoms with Crippen LogP contribution in [0.2, 0.25) is 0 Å². The van der Waals surface area contributed by atoms with Crippen molar-refractivity contribution in [2.24, 2.45) is 0 Å². The van der Waals surface area contributed by atoms with Crippen LogP contribution >= 0.6 is 0 Å². The van der Waals surface area contributed by atoms with Gasteiger partial charge in [0.2, 0.25) is 5.76 Å². The van der Waals surface area contributed by atoms with Gasteiger partial charge in [-0.3, -0.25) is 4.72 Å². The zero-order valence-corrected chi connectivity index (χ0v) is 12.9. The Balaban J connectivity index is 2.13. The third-order valence-electron chi connectivity index (χ3n) is 3.45. The number of nitrogens with one attached hydrogen (secondary N) is 1. The minimum absolute atomic E-state index is 0.122. The Hall–Kier alpha value is -2.80. The number of hydrogen-bond donors (Lipinski definition) is 2. The monoisotopic (exact) mass is 331 g/mol. The number of aromatic carboxylic acids is 1. The molecule has 0 saturated carbocycles. The SMILES string of the molecule is Cc1c(C(=O)O)oc2cccc(NS(=O)(=O)c3ccccc3)c12. The third-order valence-corrected chi connectivity index (χ3v) is 4.83. The minimum Gasteiger partial charge on any atom is -0.475 e. The molecule has 0 aliphatic rings. The molecule has 7 heteroatoms. The molecule has 0 atom stereocenters. The Bertz CT molecular complexity index is 990. The number of rotatable bonds is 4. The smallest absolute Gasteiger partial charge is 0.372 e. The van der Waals surface area contributed by atoms with Crippen molar-refractivity contribution >= 4 is 32.6 Å². The summed E-state index contributed by atoms with van der Waals surface area (Å²) < 4.78 is 32.7. The summed E-state index contributed by atoms with van der Waals surface area (Å²) in [6.45, 7) is 1.58. The average molecular weight is 331 g/mol. The molecule has 0 fully saturated rings. The molecule has 3 aromatic rings. The van der Waals surface area contributed by atoms with Crippen LogP contribution in [0.25, 0.3) is 11.0 Å². The second-order valence-electron chi connectivity index (χ2n) is 4.96. The first kappa shape index (κ1) is 15.1. The predicted molar refractivity (Wildman–Crippen MR) is 85.2 cm³/mol. The molecular formula is C16H13NO5S. The number of carboxylic acid groups (broad SMARTS) is 1. The zero-order valence-electron chi connectivity index (χ0n) is 12.1. The Kier molecular flexibility index (Phi) is 3.57. The lowest BCUT2D eigenvalue weighted by molar-refractivity contribution is 0.0664. The number of aryl methyl sites for hydroxylation is 1. The van der Waals surface area contributed by atoms with Crippen LogP contribution < -0.4 is 4.72 Å². The lowest BCUT2D eigenvalue weighted by Gasteiger charge is -2.09. The standard InChI is InChI=1S/C16H13NO5S/c1-10-14-12(8-5-9-13(14)22-15(10)16(18)19)17-23(20,21)11-6-3-2-4-7-11/h2-9,17H,1H3,(H,18,19). The van der Waals surface area contributed by atoms with Gasteiger partial charge in [-0.1, -0.05) is 24.3 Å². The zero-order chi connectivity index (χ0) is 16.6. The van der Waals surface area contributed by atoms with E-state index in [0.717, 1.165) is 0 Å². The van der Waals surface area contributed by atoms with E-state index in [1.807, 2.05) is 0 Å². The largest absolute Gasteiger partial charge is 0.475 e. The predicted octanol–water partition coefficient (Wildman–Crippen LogP) is 3.24. The molecule has 2 aromatic carbocycles. The van der Waals surface area contributed by atoms with Gasteiger partial charge >= 0.3 is 5.97 Å². The number of fused-ring (bicyclic) bond motifs is 1. The third kappa shape index (κ3) is 2.66. The molecule has 0 radical (unpaired) electrons. The number of anilines is 1. The highest BCUT2D eigenvalue weighted by molar-refractivity contribution is 7.92. The van der Waals surface area contributed by atoms with Gasteiger partial charge in [-0.2, -0.15) is 0 Å². The quantitative estimate of drug-likeness (QED) is 0.765. The maximum Gasteiger partial charge on any atom is 0.372 e. The van der Waals surface area contributed by atoms with Crippen LogP contribution in [-0.2, 0) is 10.0 Å². The Labute approximate surface area is 132 Å². The van der Waals surface area contributed by atoms with Gasteiger partial charge in [-0.25, -0.2) is 13.2 Å². The molecule has 0 saturated heterocycles. The van der Waals surface area contributed by atoms with Crippen LogP contribution in [0.5, 0.6) is 0 Å². The van der Waals surface area contributed by atoms with Crippen molar-refractivity contribution in [2.75, 3.05) is 4.72 Å². The Morgan fingerprint density at radius 3 is 2.43 bits per heavy atom.